The molecule has 0 aliphatic heterocycles. The number of nitrogens with zero attached hydrogens (tertiary/aromatic N) is 2. The van der Waals surface area contributed by atoms with Crippen molar-refractivity contribution in [3.63, 3.8) is 0 Å². The molecule has 124 valence electrons. The first-order valence-corrected chi connectivity index (χ1v) is 7.57. The van der Waals surface area contributed by atoms with E-state index in [9.17, 15) is 9.18 Å². The van der Waals surface area contributed by atoms with Crippen LogP contribution < -0.4 is 16.2 Å². The quantitative estimate of drug-likeness (QED) is 0.815. The molecule has 0 aliphatic rings. The van der Waals surface area contributed by atoms with E-state index in [2.05, 4.69) is 5.10 Å². The summed E-state index contributed by atoms with van der Waals surface area (Å²) in [5, 5.41) is 4.49. The fourth-order valence-electron chi connectivity index (χ4n) is 2.42. The largest absolute Gasteiger partial charge is 0.453 e. The summed E-state index contributed by atoms with van der Waals surface area (Å²) in [4.78, 5) is 11.3. The lowest BCUT2D eigenvalue weighted by molar-refractivity contribution is 0.0999. The van der Waals surface area contributed by atoms with Crippen LogP contribution in [0.5, 0.6) is 11.5 Å². The summed E-state index contributed by atoms with van der Waals surface area (Å²) in [6.45, 7) is 4.98. The van der Waals surface area contributed by atoms with Crippen LogP contribution in [0.4, 0.5) is 4.39 Å². The second-order valence-electron chi connectivity index (χ2n) is 5.08. The highest BCUT2D eigenvalue weighted by Gasteiger charge is 2.18. The predicted octanol–water partition coefficient (Wildman–Crippen LogP) is 2.00. The number of halogens is 1. The van der Waals surface area contributed by atoms with Gasteiger partial charge in [-0.3, -0.25) is 9.48 Å². The average molecular weight is 320 g/mol. The van der Waals surface area contributed by atoms with E-state index >= 15 is 0 Å². The second-order valence-corrected chi connectivity index (χ2v) is 5.08. The number of ether oxygens (including phenoxy) is 1. The Morgan fingerprint density at radius 1 is 1.30 bits per heavy atom. The van der Waals surface area contributed by atoms with Crippen LogP contribution >= 0.6 is 0 Å². The van der Waals surface area contributed by atoms with Gasteiger partial charge >= 0.3 is 0 Å². The lowest BCUT2D eigenvalue weighted by Gasteiger charge is -2.10. The number of carbonyl (C=O) groups excluding carboxylic acids is 1. The number of hydrogen-bond acceptors (Lipinski definition) is 4. The highest BCUT2D eigenvalue weighted by molar-refractivity contribution is 5.93. The molecule has 0 fully saturated rings. The smallest absolute Gasteiger partial charge is 0.248 e. The Morgan fingerprint density at radius 3 is 2.61 bits per heavy atom. The standard InChI is InChI=1S/C16H21FN4O2/c1-3-13-15(14(4-2)21(20-13)6-5-18)23-12-8-10(16(19)22)7-11(17)9-12/h7-9H,3-6,18H2,1-2H3,(H2,19,22). The van der Waals surface area contributed by atoms with Crippen LogP contribution in [-0.4, -0.2) is 22.2 Å². The number of aromatic nitrogens is 2. The Bertz CT molecular complexity index is 712. The molecule has 7 heteroatoms. The molecule has 0 saturated heterocycles. The number of carbonyl (C=O) groups is 1. The normalized spacial score (nSPS) is 10.8. The van der Waals surface area contributed by atoms with Crippen LogP contribution in [0.15, 0.2) is 18.2 Å². The Morgan fingerprint density at radius 2 is 2.04 bits per heavy atom. The third kappa shape index (κ3) is 3.68. The van der Waals surface area contributed by atoms with Gasteiger partial charge in [0.25, 0.3) is 0 Å². The maximum Gasteiger partial charge on any atom is 0.248 e. The molecule has 2 rings (SSSR count). The first-order valence-electron chi connectivity index (χ1n) is 7.57. The number of rotatable bonds is 7. The van der Waals surface area contributed by atoms with Crippen molar-refractivity contribution in [2.24, 2.45) is 11.5 Å². The molecule has 4 N–H and O–H groups in total. The van der Waals surface area contributed by atoms with Crippen molar-refractivity contribution in [3.05, 3.63) is 41.0 Å². The SMILES string of the molecule is CCc1nn(CCN)c(CC)c1Oc1cc(F)cc(C(N)=O)c1. The van der Waals surface area contributed by atoms with Crippen molar-refractivity contribution >= 4 is 5.91 Å². The van der Waals surface area contributed by atoms with Gasteiger partial charge in [-0.15, -0.1) is 0 Å². The highest BCUT2D eigenvalue weighted by Crippen LogP contribution is 2.31. The minimum Gasteiger partial charge on any atom is -0.453 e. The van der Waals surface area contributed by atoms with Crippen molar-refractivity contribution in [2.45, 2.75) is 33.2 Å². The zero-order valence-corrected chi connectivity index (χ0v) is 13.3. The van der Waals surface area contributed by atoms with Gasteiger partial charge in [0.05, 0.1) is 12.2 Å². The summed E-state index contributed by atoms with van der Waals surface area (Å²) in [5.74, 6) is -0.485. The maximum atomic E-state index is 13.7. The van der Waals surface area contributed by atoms with Crippen molar-refractivity contribution in [1.82, 2.24) is 9.78 Å². The molecule has 0 aliphatic carbocycles. The molecule has 0 unspecified atom stereocenters. The summed E-state index contributed by atoms with van der Waals surface area (Å²) < 4.78 is 21.3. The summed E-state index contributed by atoms with van der Waals surface area (Å²) in [6, 6.07) is 3.71. The van der Waals surface area contributed by atoms with Crippen LogP contribution in [0.25, 0.3) is 0 Å². The molecule has 23 heavy (non-hydrogen) atoms. The lowest BCUT2D eigenvalue weighted by Crippen LogP contribution is -2.13. The molecular weight excluding hydrogens is 299 g/mol. The molecule has 0 atom stereocenters. The van der Waals surface area contributed by atoms with Crippen LogP contribution in [0.1, 0.15) is 35.6 Å². The van der Waals surface area contributed by atoms with E-state index < -0.39 is 11.7 Å². The summed E-state index contributed by atoms with van der Waals surface area (Å²) in [5.41, 5.74) is 12.5. The lowest BCUT2D eigenvalue weighted by atomic mass is 10.2. The molecule has 0 radical (unpaired) electrons. The molecule has 2 aromatic rings. The van der Waals surface area contributed by atoms with Gasteiger partial charge in [0, 0.05) is 18.2 Å². The predicted molar refractivity (Wildman–Crippen MR) is 85.0 cm³/mol. The van der Waals surface area contributed by atoms with E-state index in [1.54, 1.807) is 0 Å². The number of primary amides is 1. The Balaban J connectivity index is 2.45. The van der Waals surface area contributed by atoms with Crippen molar-refractivity contribution in [1.29, 1.82) is 0 Å². The van der Waals surface area contributed by atoms with Gasteiger partial charge in [0.2, 0.25) is 5.91 Å². The van der Waals surface area contributed by atoms with Gasteiger partial charge in [-0.05, 0) is 25.0 Å². The van der Waals surface area contributed by atoms with Gasteiger partial charge < -0.3 is 16.2 Å². The van der Waals surface area contributed by atoms with Crippen LogP contribution in [0.2, 0.25) is 0 Å². The molecule has 0 spiro atoms. The molecule has 0 saturated carbocycles. The van der Waals surface area contributed by atoms with Gasteiger partial charge in [-0.2, -0.15) is 5.10 Å². The van der Waals surface area contributed by atoms with Gasteiger partial charge in [0.15, 0.2) is 5.75 Å². The second kappa shape index (κ2) is 7.23. The third-order valence-corrected chi connectivity index (χ3v) is 3.46. The Labute approximate surface area is 134 Å². The average Bonchev–Trinajstić information content (AvgIpc) is 2.83. The zero-order valence-electron chi connectivity index (χ0n) is 13.3. The molecule has 1 amide bonds. The van der Waals surface area contributed by atoms with E-state index in [1.165, 1.54) is 12.1 Å². The Kier molecular flexibility index (Phi) is 5.33. The van der Waals surface area contributed by atoms with Crippen LogP contribution in [0, 0.1) is 5.82 Å². The zero-order chi connectivity index (χ0) is 17.0. The molecule has 1 aromatic heterocycles. The molecule has 1 aromatic carbocycles. The first kappa shape index (κ1) is 17.0. The van der Waals surface area contributed by atoms with E-state index in [-0.39, 0.29) is 11.3 Å². The highest BCUT2D eigenvalue weighted by atomic mass is 19.1. The first-order chi connectivity index (χ1) is 11.0. The fraction of sp³-hybridized carbons (Fsp3) is 0.375. The molecule has 6 nitrogen and oxygen atoms in total. The fourth-order valence-corrected chi connectivity index (χ4v) is 2.42. The van der Waals surface area contributed by atoms with E-state index in [1.807, 2.05) is 18.5 Å². The minimum atomic E-state index is -0.709. The van der Waals surface area contributed by atoms with Crippen molar-refractivity contribution in [2.75, 3.05) is 6.54 Å². The number of aryl methyl sites for hydroxylation is 1. The maximum absolute atomic E-state index is 13.7. The van der Waals surface area contributed by atoms with E-state index in [4.69, 9.17) is 16.2 Å². The van der Waals surface area contributed by atoms with Crippen LogP contribution in [-0.2, 0) is 19.4 Å². The molecule has 1 heterocycles. The van der Waals surface area contributed by atoms with E-state index in [0.29, 0.717) is 31.7 Å². The van der Waals surface area contributed by atoms with Gasteiger partial charge in [0.1, 0.15) is 17.3 Å². The molecule has 0 bridgehead atoms. The summed E-state index contributed by atoms with van der Waals surface area (Å²) >= 11 is 0. The number of hydrogen-bond donors (Lipinski definition) is 2. The topological polar surface area (TPSA) is 96.2 Å². The molecular formula is C16H21FN4O2. The van der Waals surface area contributed by atoms with E-state index in [0.717, 1.165) is 17.5 Å². The summed E-state index contributed by atoms with van der Waals surface area (Å²) in [6.07, 6.45) is 1.36. The number of benzene rings is 1. The number of amides is 1. The van der Waals surface area contributed by atoms with Crippen molar-refractivity contribution in [3.8, 4) is 11.5 Å². The van der Waals surface area contributed by atoms with Crippen LogP contribution in [0.3, 0.4) is 0 Å². The minimum absolute atomic E-state index is 0.0606. The monoisotopic (exact) mass is 320 g/mol. The van der Waals surface area contributed by atoms with Gasteiger partial charge in [-0.25, -0.2) is 4.39 Å². The van der Waals surface area contributed by atoms with Crippen molar-refractivity contribution < 1.29 is 13.9 Å². The number of nitrogens with two attached hydrogens (primary N) is 2. The third-order valence-electron chi connectivity index (χ3n) is 3.46. The van der Waals surface area contributed by atoms with Gasteiger partial charge in [-0.1, -0.05) is 13.8 Å². The Hall–Kier alpha value is -2.41. The summed E-state index contributed by atoms with van der Waals surface area (Å²) in [7, 11) is 0.